The van der Waals surface area contributed by atoms with Gasteiger partial charge in [0.15, 0.2) is 0 Å². The number of hydrogen-bond acceptors (Lipinski definition) is 3. The van der Waals surface area contributed by atoms with E-state index in [0.717, 1.165) is 19.3 Å². The largest absolute Gasteiger partial charge is 0.460 e. The zero-order chi connectivity index (χ0) is 12.4. The average molecular weight is 227 g/mol. The minimum absolute atomic E-state index is 0.00882. The molecule has 0 aliphatic heterocycles. The molecule has 16 heavy (non-hydrogen) atoms. The third-order valence-electron chi connectivity index (χ3n) is 3.47. The number of ether oxygens (including phenoxy) is 1. The van der Waals surface area contributed by atoms with Gasteiger partial charge in [0, 0.05) is 5.54 Å². The molecule has 0 radical (unpaired) electrons. The number of carbonyl (C=O) groups excluding carboxylic acids is 1. The minimum atomic E-state index is -0.386. The monoisotopic (exact) mass is 227 g/mol. The van der Waals surface area contributed by atoms with Crippen LogP contribution in [-0.2, 0) is 9.53 Å². The molecule has 0 spiro atoms. The fraction of sp³-hybridized carbons (Fsp3) is 0.923. The molecule has 0 aromatic carbocycles. The van der Waals surface area contributed by atoms with Gasteiger partial charge in [-0.15, -0.1) is 0 Å². The first kappa shape index (κ1) is 13.5. The molecule has 2 atom stereocenters. The molecule has 2 unspecified atom stereocenters. The normalized spacial score (nSPS) is 31.2. The number of carbonyl (C=O) groups is 1. The predicted molar refractivity (Wildman–Crippen MR) is 65.3 cm³/mol. The van der Waals surface area contributed by atoms with Crippen LogP contribution < -0.4 is 5.32 Å². The first-order valence-electron chi connectivity index (χ1n) is 6.20. The topological polar surface area (TPSA) is 38.3 Å². The van der Waals surface area contributed by atoms with Crippen LogP contribution in [0.5, 0.6) is 0 Å². The highest BCUT2D eigenvalue weighted by atomic mass is 16.6. The van der Waals surface area contributed by atoms with Crippen LogP contribution in [0.15, 0.2) is 0 Å². The summed E-state index contributed by atoms with van der Waals surface area (Å²) in [5.74, 6) is -0.0606. The number of nitrogens with one attached hydrogen (secondary N) is 1. The maximum absolute atomic E-state index is 12.1. The van der Waals surface area contributed by atoms with Gasteiger partial charge >= 0.3 is 5.97 Å². The Kier molecular flexibility index (Phi) is 4.00. The Labute approximate surface area is 98.9 Å². The van der Waals surface area contributed by atoms with Gasteiger partial charge in [0.25, 0.3) is 0 Å². The zero-order valence-corrected chi connectivity index (χ0v) is 11.2. The van der Waals surface area contributed by atoms with Crippen molar-refractivity contribution < 1.29 is 9.53 Å². The smallest absolute Gasteiger partial charge is 0.311 e. The van der Waals surface area contributed by atoms with E-state index < -0.39 is 0 Å². The third-order valence-corrected chi connectivity index (χ3v) is 3.47. The summed E-state index contributed by atoms with van der Waals surface area (Å²) < 4.78 is 5.50. The first-order valence-corrected chi connectivity index (χ1v) is 6.20. The summed E-state index contributed by atoms with van der Waals surface area (Å²) in [6.07, 6.45) is 4.30. The van der Waals surface area contributed by atoms with E-state index in [4.69, 9.17) is 4.74 Å². The van der Waals surface area contributed by atoms with Crippen LogP contribution in [0, 0.1) is 5.92 Å². The van der Waals surface area contributed by atoms with Gasteiger partial charge in [-0.1, -0.05) is 12.8 Å². The highest BCUT2D eigenvalue weighted by Gasteiger charge is 2.41. The standard InChI is InChI=1S/C13H25NO2/c1-12(2,3)16-11(15)10-8-6-7-9-13(10,4)14-5/h10,14H,6-9H2,1-5H3. The fourth-order valence-electron chi connectivity index (χ4n) is 2.38. The van der Waals surface area contributed by atoms with E-state index in [1.165, 1.54) is 6.42 Å². The van der Waals surface area contributed by atoms with Crippen molar-refractivity contribution in [1.29, 1.82) is 0 Å². The Bertz CT molecular complexity index is 257. The van der Waals surface area contributed by atoms with E-state index in [-0.39, 0.29) is 23.0 Å². The molecule has 0 saturated heterocycles. The minimum Gasteiger partial charge on any atom is -0.460 e. The molecule has 1 aliphatic rings. The summed E-state index contributed by atoms with van der Waals surface area (Å²) in [7, 11) is 1.93. The maximum atomic E-state index is 12.1. The van der Waals surface area contributed by atoms with Crippen LogP contribution in [0.2, 0.25) is 0 Å². The molecular weight excluding hydrogens is 202 g/mol. The summed E-state index contributed by atoms with van der Waals surface area (Å²) in [4.78, 5) is 12.1. The Hall–Kier alpha value is -0.570. The lowest BCUT2D eigenvalue weighted by Gasteiger charge is -2.40. The summed E-state index contributed by atoms with van der Waals surface area (Å²) in [6, 6.07) is 0. The summed E-state index contributed by atoms with van der Waals surface area (Å²) >= 11 is 0. The van der Waals surface area contributed by atoms with E-state index in [1.54, 1.807) is 0 Å². The van der Waals surface area contributed by atoms with Gasteiger partial charge in [-0.2, -0.15) is 0 Å². The predicted octanol–water partition coefficient (Wildman–Crippen LogP) is 2.50. The van der Waals surface area contributed by atoms with Gasteiger partial charge in [-0.05, 0) is 47.6 Å². The van der Waals surface area contributed by atoms with Gasteiger partial charge in [0.2, 0.25) is 0 Å². The van der Waals surface area contributed by atoms with Crippen LogP contribution >= 0.6 is 0 Å². The van der Waals surface area contributed by atoms with E-state index in [1.807, 2.05) is 27.8 Å². The highest BCUT2D eigenvalue weighted by Crippen LogP contribution is 2.34. The second-order valence-electron chi connectivity index (χ2n) is 6.00. The van der Waals surface area contributed by atoms with Gasteiger partial charge in [-0.3, -0.25) is 4.79 Å². The highest BCUT2D eigenvalue weighted by molar-refractivity contribution is 5.74. The quantitative estimate of drug-likeness (QED) is 0.737. The number of esters is 1. The Morgan fingerprint density at radius 2 is 2.00 bits per heavy atom. The Morgan fingerprint density at radius 1 is 1.38 bits per heavy atom. The molecule has 1 aliphatic carbocycles. The molecule has 0 amide bonds. The molecule has 1 fully saturated rings. The van der Waals surface area contributed by atoms with Gasteiger partial charge in [-0.25, -0.2) is 0 Å². The van der Waals surface area contributed by atoms with Gasteiger partial charge < -0.3 is 10.1 Å². The molecule has 94 valence electrons. The molecule has 0 heterocycles. The second kappa shape index (κ2) is 4.74. The molecule has 1 saturated carbocycles. The summed E-state index contributed by atoms with van der Waals surface area (Å²) in [6.45, 7) is 7.89. The molecular formula is C13H25NO2. The lowest BCUT2D eigenvalue weighted by molar-refractivity contribution is -0.164. The van der Waals surface area contributed by atoms with Crippen LogP contribution in [-0.4, -0.2) is 24.2 Å². The SMILES string of the molecule is CNC1(C)CCCCC1C(=O)OC(C)(C)C. The van der Waals surface area contributed by atoms with Crippen molar-refractivity contribution in [2.75, 3.05) is 7.05 Å². The molecule has 0 aromatic rings. The maximum Gasteiger partial charge on any atom is 0.311 e. The van der Waals surface area contributed by atoms with Gasteiger partial charge in [0.05, 0.1) is 5.92 Å². The van der Waals surface area contributed by atoms with E-state index in [9.17, 15) is 4.79 Å². The fourth-order valence-corrected chi connectivity index (χ4v) is 2.38. The van der Waals surface area contributed by atoms with Crippen molar-refractivity contribution in [3.8, 4) is 0 Å². The summed E-state index contributed by atoms with van der Waals surface area (Å²) in [5, 5.41) is 3.30. The molecule has 1 rings (SSSR count). The van der Waals surface area contributed by atoms with E-state index in [0.29, 0.717) is 0 Å². The van der Waals surface area contributed by atoms with E-state index in [2.05, 4.69) is 12.2 Å². The lowest BCUT2D eigenvalue weighted by atomic mass is 9.74. The van der Waals surface area contributed by atoms with Crippen molar-refractivity contribution in [3.05, 3.63) is 0 Å². The zero-order valence-electron chi connectivity index (χ0n) is 11.2. The van der Waals surface area contributed by atoms with Crippen LogP contribution in [0.25, 0.3) is 0 Å². The Balaban J connectivity index is 2.72. The molecule has 0 aromatic heterocycles. The first-order chi connectivity index (χ1) is 7.28. The molecule has 1 N–H and O–H groups in total. The van der Waals surface area contributed by atoms with Crippen molar-refractivity contribution in [2.45, 2.75) is 64.5 Å². The van der Waals surface area contributed by atoms with Crippen molar-refractivity contribution in [2.24, 2.45) is 5.92 Å². The summed E-state index contributed by atoms with van der Waals surface area (Å²) in [5.41, 5.74) is -0.482. The van der Waals surface area contributed by atoms with Crippen molar-refractivity contribution >= 4 is 5.97 Å². The van der Waals surface area contributed by atoms with Crippen LogP contribution in [0.3, 0.4) is 0 Å². The van der Waals surface area contributed by atoms with Crippen LogP contribution in [0.4, 0.5) is 0 Å². The van der Waals surface area contributed by atoms with Crippen molar-refractivity contribution in [3.63, 3.8) is 0 Å². The number of hydrogen-bond donors (Lipinski definition) is 1. The number of rotatable bonds is 2. The third kappa shape index (κ3) is 3.21. The Morgan fingerprint density at radius 3 is 2.50 bits per heavy atom. The molecule has 0 bridgehead atoms. The molecule has 3 nitrogen and oxygen atoms in total. The van der Waals surface area contributed by atoms with Crippen molar-refractivity contribution in [1.82, 2.24) is 5.32 Å². The lowest BCUT2D eigenvalue weighted by Crippen LogP contribution is -2.53. The second-order valence-corrected chi connectivity index (χ2v) is 6.00. The van der Waals surface area contributed by atoms with Gasteiger partial charge in [0.1, 0.15) is 5.60 Å². The van der Waals surface area contributed by atoms with E-state index >= 15 is 0 Å². The van der Waals surface area contributed by atoms with Crippen LogP contribution in [0.1, 0.15) is 53.4 Å². The molecule has 3 heteroatoms. The average Bonchev–Trinajstić information content (AvgIpc) is 2.15.